The molecule has 1 aliphatic heterocycles. The van der Waals surface area contributed by atoms with E-state index < -0.39 is 0 Å². The van der Waals surface area contributed by atoms with Gasteiger partial charge in [0.1, 0.15) is 5.52 Å². The summed E-state index contributed by atoms with van der Waals surface area (Å²) in [5.41, 5.74) is 2.37. The van der Waals surface area contributed by atoms with E-state index in [4.69, 9.17) is 0 Å². The number of likely N-dealkylation sites (tertiary alicyclic amines) is 1. The van der Waals surface area contributed by atoms with Crippen molar-refractivity contribution in [2.24, 2.45) is 5.92 Å². The summed E-state index contributed by atoms with van der Waals surface area (Å²) in [6.07, 6.45) is 2.55. The summed E-state index contributed by atoms with van der Waals surface area (Å²) in [5, 5.41) is 11.9. The summed E-state index contributed by atoms with van der Waals surface area (Å²) in [4.78, 5) is 27.7. The standard InChI is InChI=1S/C21H27N5O2/c1-14-18-19(24-23-14)16-6-3-4-7-17(16)26(21(18)28)11-5-10-22-20(27)15-8-12-25(2)13-9-15/h3-4,6-7,15H,5,8-13H2,1-2H3,(H,22,27)(H,23,24). The molecule has 0 radical (unpaired) electrons. The fourth-order valence-corrected chi connectivity index (χ4v) is 4.13. The molecule has 3 aromatic rings. The highest BCUT2D eigenvalue weighted by Gasteiger charge is 2.22. The molecule has 148 valence electrons. The third-order valence-corrected chi connectivity index (χ3v) is 5.80. The Kier molecular flexibility index (Phi) is 5.17. The number of hydrogen-bond acceptors (Lipinski definition) is 4. The van der Waals surface area contributed by atoms with Gasteiger partial charge in [0, 0.05) is 30.1 Å². The Bertz CT molecular complexity index is 1060. The number of para-hydroxylation sites is 1. The van der Waals surface area contributed by atoms with Gasteiger partial charge in [-0.2, -0.15) is 5.10 Å². The summed E-state index contributed by atoms with van der Waals surface area (Å²) in [7, 11) is 2.09. The fraction of sp³-hybridized carbons (Fsp3) is 0.476. The number of pyridine rings is 1. The van der Waals surface area contributed by atoms with Crippen molar-refractivity contribution in [2.45, 2.75) is 32.7 Å². The van der Waals surface area contributed by atoms with Gasteiger partial charge in [-0.05, 0) is 52.4 Å². The number of hydrogen-bond donors (Lipinski definition) is 2. The summed E-state index contributed by atoms with van der Waals surface area (Å²) in [5.74, 6) is 0.260. The third kappa shape index (κ3) is 3.42. The van der Waals surface area contributed by atoms with Crippen LogP contribution in [0.5, 0.6) is 0 Å². The maximum atomic E-state index is 13.0. The minimum atomic E-state index is -0.0263. The van der Waals surface area contributed by atoms with Crippen LogP contribution < -0.4 is 10.9 Å². The molecule has 0 saturated carbocycles. The number of piperidine rings is 1. The van der Waals surface area contributed by atoms with Gasteiger partial charge in [-0.1, -0.05) is 18.2 Å². The van der Waals surface area contributed by atoms with Crippen LogP contribution in [0.2, 0.25) is 0 Å². The monoisotopic (exact) mass is 381 g/mol. The maximum Gasteiger partial charge on any atom is 0.262 e. The van der Waals surface area contributed by atoms with Gasteiger partial charge < -0.3 is 14.8 Å². The highest BCUT2D eigenvalue weighted by atomic mass is 16.2. The van der Waals surface area contributed by atoms with Crippen LogP contribution in [-0.4, -0.2) is 52.3 Å². The minimum absolute atomic E-state index is 0.0263. The van der Waals surface area contributed by atoms with Crippen LogP contribution in [0, 0.1) is 12.8 Å². The summed E-state index contributed by atoms with van der Waals surface area (Å²) >= 11 is 0. The van der Waals surface area contributed by atoms with Crippen LogP contribution in [0.3, 0.4) is 0 Å². The number of H-pyrrole nitrogens is 1. The van der Waals surface area contributed by atoms with Gasteiger partial charge in [0.2, 0.25) is 5.91 Å². The Morgan fingerprint density at radius 3 is 2.82 bits per heavy atom. The molecule has 1 aromatic carbocycles. The Morgan fingerprint density at radius 2 is 2.04 bits per heavy atom. The first kappa shape index (κ1) is 18.7. The number of benzene rings is 1. The van der Waals surface area contributed by atoms with Crippen LogP contribution in [0.1, 0.15) is 25.0 Å². The second-order valence-electron chi connectivity index (χ2n) is 7.77. The maximum absolute atomic E-state index is 13.0. The molecule has 1 amide bonds. The third-order valence-electron chi connectivity index (χ3n) is 5.80. The number of fused-ring (bicyclic) bond motifs is 3. The lowest BCUT2D eigenvalue weighted by atomic mass is 9.96. The molecule has 0 aliphatic carbocycles. The van der Waals surface area contributed by atoms with Gasteiger partial charge in [0.25, 0.3) is 5.56 Å². The van der Waals surface area contributed by atoms with Gasteiger partial charge in [-0.25, -0.2) is 0 Å². The lowest BCUT2D eigenvalue weighted by molar-refractivity contribution is -0.126. The number of nitrogens with one attached hydrogen (secondary N) is 2. The van der Waals surface area contributed by atoms with E-state index in [1.54, 1.807) is 0 Å². The van der Waals surface area contributed by atoms with E-state index in [2.05, 4.69) is 27.5 Å². The summed E-state index contributed by atoms with van der Waals surface area (Å²) < 4.78 is 1.81. The van der Waals surface area contributed by atoms with Gasteiger partial charge >= 0.3 is 0 Å². The Morgan fingerprint density at radius 1 is 1.29 bits per heavy atom. The lowest BCUT2D eigenvalue weighted by Gasteiger charge is -2.28. The largest absolute Gasteiger partial charge is 0.356 e. The smallest absolute Gasteiger partial charge is 0.262 e. The van der Waals surface area contributed by atoms with Crippen molar-refractivity contribution in [1.29, 1.82) is 0 Å². The number of rotatable bonds is 5. The average molecular weight is 381 g/mol. The van der Waals surface area contributed by atoms with Crippen molar-refractivity contribution < 1.29 is 4.79 Å². The quantitative estimate of drug-likeness (QED) is 0.663. The molecule has 2 N–H and O–H groups in total. The van der Waals surface area contributed by atoms with E-state index in [-0.39, 0.29) is 17.4 Å². The average Bonchev–Trinajstić information content (AvgIpc) is 3.10. The molecular formula is C21H27N5O2. The molecule has 1 aliphatic rings. The first-order valence-corrected chi connectivity index (χ1v) is 9.98. The number of aryl methyl sites for hydroxylation is 2. The highest BCUT2D eigenvalue weighted by Crippen LogP contribution is 2.22. The molecule has 0 spiro atoms. The molecule has 28 heavy (non-hydrogen) atoms. The molecule has 7 nitrogen and oxygen atoms in total. The van der Waals surface area contributed by atoms with Crippen molar-refractivity contribution in [1.82, 2.24) is 25.0 Å². The number of aromatic amines is 1. The SMILES string of the molecule is Cc1[nH]nc2c1c(=O)n(CCCNC(=O)C1CCN(C)CC1)c1ccccc21. The van der Waals surface area contributed by atoms with Gasteiger partial charge in [-0.3, -0.25) is 14.7 Å². The topological polar surface area (TPSA) is 83.0 Å². The molecule has 0 atom stereocenters. The van der Waals surface area contributed by atoms with E-state index in [9.17, 15) is 9.59 Å². The zero-order valence-corrected chi connectivity index (χ0v) is 16.5. The number of aromatic nitrogens is 3. The summed E-state index contributed by atoms with van der Waals surface area (Å²) in [6.45, 7) is 4.96. The van der Waals surface area contributed by atoms with E-state index in [1.807, 2.05) is 35.8 Å². The normalized spacial score (nSPS) is 16.1. The highest BCUT2D eigenvalue weighted by molar-refractivity contribution is 6.03. The molecule has 0 bridgehead atoms. The van der Waals surface area contributed by atoms with Crippen molar-refractivity contribution in [2.75, 3.05) is 26.7 Å². The van der Waals surface area contributed by atoms with Crippen molar-refractivity contribution in [3.05, 3.63) is 40.3 Å². The molecule has 4 rings (SSSR count). The molecule has 7 heteroatoms. The Labute approximate surface area is 163 Å². The number of carbonyl (C=O) groups excluding carboxylic acids is 1. The van der Waals surface area contributed by atoms with E-state index in [0.29, 0.717) is 24.9 Å². The number of amides is 1. The van der Waals surface area contributed by atoms with Gasteiger partial charge in [0.15, 0.2) is 0 Å². The fourth-order valence-electron chi connectivity index (χ4n) is 4.13. The molecule has 1 saturated heterocycles. The Balaban J connectivity index is 1.47. The minimum Gasteiger partial charge on any atom is -0.356 e. The molecule has 2 aromatic heterocycles. The van der Waals surface area contributed by atoms with E-state index in [1.165, 1.54) is 0 Å². The first-order chi connectivity index (χ1) is 13.6. The Hall–Kier alpha value is -2.67. The second-order valence-corrected chi connectivity index (χ2v) is 7.77. The molecular weight excluding hydrogens is 354 g/mol. The summed E-state index contributed by atoms with van der Waals surface area (Å²) in [6, 6.07) is 7.85. The number of carbonyl (C=O) groups is 1. The predicted molar refractivity (Wildman–Crippen MR) is 110 cm³/mol. The molecule has 0 unspecified atom stereocenters. The zero-order chi connectivity index (χ0) is 19.7. The van der Waals surface area contributed by atoms with E-state index >= 15 is 0 Å². The zero-order valence-electron chi connectivity index (χ0n) is 16.5. The van der Waals surface area contributed by atoms with Crippen molar-refractivity contribution in [3.8, 4) is 0 Å². The molecule has 1 fully saturated rings. The van der Waals surface area contributed by atoms with Crippen LogP contribution in [-0.2, 0) is 11.3 Å². The lowest BCUT2D eigenvalue weighted by Crippen LogP contribution is -2.39. The number of nitrogens with zero attached hydrogens (tertiary/aromatic N) is 3. The predicted octanol–water partition coefficient (Wildman–Crippen LogP) is 2.03. The van der Waals surface area contributed by atoms with Gasteiger partial charge in [0.05, 0.1) is 10.9 Å². The van der Waals surface area contributed by atoms with Crippen LogP contribution >= 0.6 is 0 Å². The van der Waals surface area contributed by atoms with Crippen molar-refractivity contribution >= 4 is 27.7 Å². The second kappa shape index (κ2) is 7.75. The molecule has 3 heterocycles. The van der Waals surface area contributed by atoms with Gasteiger partial charge in [-0.15, -0.1) is 0 Å². The van der Waals surface area contributed by atoms with Crippen molar-refractivity contribution in [3.63, 3.8) is 0 Å². The van der Waals surface area contributed by atoms with Crippen LogP contribution in [0.15, 0.2) is 29.1 Å². The first-order valence-electron chi connectivity index (χ1n) is 9.98. The van der Waals surface area contributed by atoms with Crippen LogP contribution in [0.25, 0.3) is 21.8 Å². The van der Waals surface area contributed by atoms with E-state index in [0.717, 1.165) is 48.0 Å². The van der Waals surface area contributed by atoms with Crippen LogP contribution in [0.4, 0.5) is 0 Å².